The Kier molecular flexibility index (Phi) is 11.6. The van der Waals surface area contributed by atoms with Gasteiger partial charge in [0.2, 0.25) is 12.3 Å². The Morgan fingerprint density at radius 2 is 1.85 bits per heavy atom. The molecule has 3 aromatic heterocycles. The van der Waals surface area contributed by atoms with Crippen LogP contribution in [0.2, 0.25) is 0 Å². The van der Waals surface area contributed by atoms with E-state index in [1.807, 2.05) is 5.32 Å². The number of amides is 2. The maximum Gasteiger partial charge on any atom is 0.277 e. The highest BCUT2D eigenvalue weighted by molar-refractivity contribution is 5.92. The fourth-order valence-electron chi connectivity index (χ4n) is 3.91. The van der Waals surface area contributed by atoms with Gasteiger partial charge in [-0.05, 0) is 43.6 Å². The van der Waals surface area contributed by atoms with E-state index in [1.165, 1.54) is 28.7 Å². The monoisotopic (exact) mass is 584 g/mol. The first-order valence-electron chi connectivity index (χ1n) is 13.5. The molecule has 2 fully saturated rings. The molecule has 0 spiro atoms. The average molecular weight is 585 g/mol. The zero-order valence-corrected chi connectivity index (χ0v) is 23.2. The molecule has 2 saturated carbocycles. The number of rotatable bonds is 10. The van der Waals surface area contributed by atoms with Crippen molar-refractivity contribution >= 4 is 18.0 Å². The van der Waals surface area contributed by atoms with Crippen LogP contribution in [-0.4, -0.2) is 74.1 Å². The number of carbonyl (C=O) groups excluding carboxylic acids is 2. The number of carbonyl (C=O) groups is 2. The molecule has 2 N–H and O–H groups in total. The summed E-state index contributed by atoms with van der Waals surface area (Å²) in [5.74, 6) is -5.81. The van der Waals surface area contributed by atoms with Gasteiger partial charge in [-0.2, -0.15) is 5.10 Å². The first-order valence-corrected chi connectivity index (χ1v) is 13.5. The van der Waals surface area contributed by atoms with Crippen LogP contribution in [0.4, 0.5) is 17.6 Å². The van der Waals surface area contributed by atoms with Crippen LogP contribution in [0.25, 0.3) is 5.65 Å². The van der Waals surface area contributed by atoms with E-state index < -0.39 is 30.8 Å². The summed E-state index contributed by atoms with van der Waals surface area (Å²) in [7, 11) is 1.55. The Bertz CT molecular complexity index is 1250. The van der Waals surface area contributed by atoms with Crippen molar-refractivity contribution in [3.63, 3.8) is 0 Å². The highest BCUT2D eigenvalue weighted by atomic mass is 19.3. The summed E-state index contributed by atoms with van der Waals surface area (Å²) in [5.41, 5.74) is 2.24. The summed E-state index contributed by atoms with van der Waals surface area (Å²) in [6, 6.07) is 1.72. The molecular formula is C26H36F4N8O3. The van der Waals surface area contributed by atoms with Gasteiger partial charge >= 0.3 is 0 Å². The minimum Gasteiger partial charge on any atom is -0.353 e. The zero-order valence-electron chi connectivity index (χ0n) is 23.2. The van der Waals surface area contributed by atoms with Gasteiger partial charge in [0.05, 0.1) is 37.7 Å². The number of nitrogens with one attached hydrogen (secondary N) is 2. The van der Waals surface area contributed by atoms with E-state index in [0.29, 0.717) is 35.4 Å². The Hall–Kier alpha value is -3.62. The smallest absolute Gasteiger partial charge is 0.277 e. The molecule has 0 aromatic carbocycles. The third-order valence-electron chi connectivity index (χ3n) is 6.06. The van der Waals surface area contributed by atoms with Gasteiger partial charge in [0.1, 0.15) is 5.69 Å². The zero-order chi connectivity index (χ0) is 29.9. The molecule has 0 aliphatic heterocycles. The van der Waals surface area contributed by atoms with E-state index in [-0.39, 0.29) is 38.0 Å². The van der Waals surface area contributed by atoms with Crippen molar-refractivity contribution in [1.29, 1.82) is 0 Å². The van der Waals surface area contributed by atoms with Crippen LogP contribution in [0.1, 0.15) is 78.8 Å². The number of nitrogens with zero attached hydrogens (tertiary/aromatic N) is 6. The highest BCUT2D eigenvalue weighted by Gasteiger charge is 2.31. The molecule has 0 atom stereocenters. The number of aryl methyl sites for hydroxylation is 1. The predicted octanol–water partition coefficient (Wildman–Crippen LogP) is 3.92. The van der Waals surface area contributed by atoms with Gasteiger partial charge in [0.25, 0.3) is 11.8 Å². The lowest BCUT2D eigenvalue weighted by Crippen LogP contribution is -2.41. The molecule has 11 nitrogen and oxygen atoms in total. The molecule has 0 bridgehead atoms. The number of alkyl halides is 4. The molecule has 3 heterocycles. The summed E-state index contributed by atoms with van der Waals surface area (Å²) in [4.78, 5) is 28.1. The van der Waals surface area contributed by atoms with E-state index in [1.54, 1.807) is 32.4 Å². The fraction of sp³-hybridized carbons (Fsp3) is 0.615. The lowest BCUT2D eigenvalue weighted by Gasteiger charge is -2.23. The Morgan fingerprint density at radius 3 is 2.41 bits per heavy atom. The van der Waals surface area contributed by atoms with Crippen LogP contribution in [0.3, 0.4) is 0 Å². The minimum absolute atomic E-state index is 0.0994. The van der Waals surface area contributed by atoms with Crippen LogP contribution in [0, 0.1) is 6.92 Å². The van der Waals surface area contributed by atoms with Crippen molar-refractivity contribution in [2.45, 2.75) is 83.2 Å². The first kappa shape index (κ1) is 31.9. The van der Waals surface area contributed by atoms with Gasteiger partial charge in [-0.15, -0.1) is 0 Å². The van der Waals surface area contributed by atoms with Crippen molar-refractivity contribution in [3.05, 3.63) is 41.1 Å². The van der Waals surface area contributed by atoms with E-state index in [2.05, 4.69) is 30.3 Å². The van der Waals surface area contributed by atoms with Crippen LogP contribution in [0.5, 0.6) is 0 Å². The van der Waals surface area contributed by atoms with Crippen molar-refractivity contribution < 1.29 is 31.8 Å². The quantitative estimate of drug-likeness (QED) is 0.271. The van der Waals surface area contributed by atoms with Gasteiger partial charge in [-0.1, -0.05) is 30.8 Å². The highest BCUT2D eigenvalue weighted by Crippen LogP contribution is 2.32. The summed E-state index contributed by atoms with van der Waals surface area (Å²) >= 11 is 0. The SMILES string of the molecule is C1CC1.Cc1nonc1C(=O)NCc1cn2ncc(CN(C)CC(F)(F)CNC=O)cc2n1.FC1(F)CCCCC1. The number of halogens is 4. The van der Waals surface area contributed by atoms with Gasteiger partial charge in [-0.3, -0.25) is 14.5 Å². The van der Waals surface area contributed by atoms with Crippen molar-refractivity contribution in [2.24, 2.45) is 0 Å². The van der Waals surface area contributed by atoms with E-state index >= 15 is 0 Å². The van der Waals surface area contributed by atoms with Gasteiger partial charge in [-0.25, -0.2) is 31.7 Å². The maximum absolute atomic E-state index is 13.8. The number of hydrogen-bond donors (Lipinski definition) is 2. The molecule has 5 rings (SSSR count). The third-order valence-corrected chi connectivity index (χ3v) is 6.06. The van der Waals surface area contributed by atoms with E-state index in [0.717, 1.165) is 6.42 Å². The molecular weight excluding hydrogens is 548 g/mol. The number of hydrogen-bond acceptors (Lipinski definition) is 8. The number of aromatic nitrogens is 5. The Balaban J connectivity index is 0.000000347. The fourth-order valence-corrected chi connectivity index (χ4v) is 3.91. The lowest BCUT2D eigenvalue weighted by atomic mass is 9.97. The second kappa shape index (κ2) is 14.8. The van der Waals surface area contributed by atoms with Gasteiger partial charge in [0.15, 0.2) is 11.3 Å². The van der Waals surface area contributed by atoms with Gasteiger partial charge < -0.3 is 10.6 Å². The van der Waals surface area contributed by atoms with Crippen LogP contribution in [0.15, 0.2) is 23.1 Å². The van der Waals surface area contributed by atoms with Crippen molar-refractivity contribution in [3.8, 4) is 0 Å². The largest absolute Gasteiger partial charge is 0.353 e. The predicted molar refractivity (Wildman–Crippen MR) is 140 cm³/mol. The average Bonchev–Trinajstić information content (AvgIpc) is 3.65. The molecule has 226 valence electrons. The van der Waals surface area contributed by atoms with Crippen LogP contribution < -0.4 is 10.6 Å². The Morgan fingerprint density at radius 1 is 1.17 bits per heavy atom. The van der Waals surface area contributed by atoms with Gasteiger partial charge in [0, 0.05) is 19.4 Å². The summed E-state index contributed by atoms with van der Waals surface area (Å²) in [6.07, 6.45) is 10.6. The maximum atomic E-state index is 13.8. The van der Waals surface area contributed by atoms with Crippen LogP contribution in [-0.2, 0) is 17.9 Å². The van der Waals surface area contributed by atoms with Crippen molar-refractivity contribution in [2.75, 3.05) is 20.1 Å². The second-order valence-electron chi connectivity index (χ2n) is 10.3. The summed E-state index contributed by atoms with van der Waals surface area (Å²) in [6.45, 7) is 0.711. The minimum atomic E-state index is -3.05. The standard InChI is InChI=1S/C17H20F2N8O3.C6H10F2.C3H6/c1-11-15(25-30-24-11)16(29)21-5-13-7-27-14(23-13)3-12(4-22-27)6-26(2)9-17(18,19)8-20-10-28;7-6(8)4-2-1-3-5-6;1-2-3-1/h3-4,7,10H,5-6,8-9H2,1-2H3,(H,20,28)(H,21,29);1-5H2;1-3H2. The normalized spacial score (nSPS) is 15.8. The lowest BCUT2D eigenvalue weighted by molar-refractivity contribution is -0.111. The number of imidazole rings is 1. The second-order valence-corrected chi connectivity index (χ2v) is 10.3. The van der Waals surface area contributed by atoms with Crippen LogP contribution >= 0.6 is 0 Å². The van der Waals surface area contributed by atoms with E-state index in [9.17, 15) is 27.2 Å². The summed E-state index contributed by atoms with van der Waals surface area (Å²) in [5, 5.41) is 16.0. The Labute approximate surface area is 235 Å². The molecule has 0 unspecified atom stereocenters. The molecule has 15 heteroatoms. The topological polar surface area (TPSA) is 131 Å². The molecule has 41 heavy (non-hydrogen) atoms. The molecule has 0 saturated heterocycles. The molecule has 2 amide bonds. The molecule has 3 aromatic rings. The first-order chi connectivity index (χ1) is 19.5. The third kappa shape index (κ3) is 11.4. The molecule has 2 aliphatic carbocycles. The number of fused-ring (bicyclic) bond motifs is 1. The van der Waals surface area contributed by atoms with E-state index in [4.69, 9.17) is 0 Å². The molecule has 2 aliphatic rings. The van der Waals surface area contributed by atoms with Crippen molar-refractivity contribution in [1.82, 2.24) is 40.4 Å². The molecule has 0 radical (unpaired) electrons. The summed E-state index contributed by atoms with van der Waals surface area (Å²) < 4.78 is 57.9.